The Balaban J connectivity index is 1.90. The number of aromatic nitrogens is 3. The third-order valence-corrected chi connectivity index (χ3v) is 4.42. The quantitative estimate of drug-likeness (QED) is 0.491. The van der Waals surface area contributed by atoms with Crippen molar-refractivity contribution in [3.8, 4) is 0 Å². The average molecular weight is 411 g/mol. The van der Waals surface area contributed by atoms with E-state index < -0.39 is 17.2 Å². The molecule has 3 N–H and O–H groups in total. The van der Waals surface area contributed by atoms with Crippen molar-refractivity contribution in [3.05, 3.63) is 68.5 Å². The summed E-state index contributed by atoms with van der Waals surface area (Å²) in [6, 6.07) is 7.91. The largest absolute Gasteiger partial charge is 0.383 e. The van der Waals surface area contributed by atoms with Gasteiger partial charge in [0, 0.05) is 26.4 Å². The zero-order valence-corrected chi connectivity index (χ0v) is 16.5. The highest BCUT2D eigenvalue weighted by atomic mass is 16.5. The number of H-pyrrole nitrogens is 1. The first kappa shape index (κ1) is 20.9. The monoisotopic (exact) mass is 411 g/mol. The molecule has 3 rings (SSSR count). The molecule has 0 aliphatic heterocycles. The Kier molecular flexibility index (Phi) is 6.38. The van der Waals surface area contributed by atoms with Gasteiger partial charge in [-0.3, -0.25) is 23.9 Å². The van der Waals surface area contributed by atoms with Crippen LogP contribution >= 0.6 is 0 Å². The predicted molar refractivity (Wildman–Crippen MR) is 111 cm³/mol. The summed E-state index contributed by atoms with van der Waals surface area (Å²) in [6.07, 6.45) is 1.28. The SMILES string of the molecule is CCn1c(=O)[nH]c(=O)c2cc(C(=O)Nc3ccccc3C(=O)NCCOC)cnc21. The minimum atomic E-state index is -0.625. The van der Waals surface area contributed by atoms with Crippen LogP contribution < -0.4 is 21.9 Å². The van der Waals surface area contributed by atoms with E-state index in [9.17, 15) is 19.2 Å². The number of nitrogens with zero attached hydrogens (tertiary/aromatic N) is 2. The molecule has 10 heteroatoms. The third kappa shape index (κ3) is 4.28. The molecule has 0 atom stereocenters. The lowest BCUT2D eigenvalue weighted by atomic mass is 10.1. The third-order valence-electron chi connectivity index (χ3n) is 4.42. The van der Waals surface area contributed by atoms with Gasteiger partial charge in [0.15, 0.2) is 0 Å². The lowest BCUT2D eigenvalue weighted by Crippen LogP contribution is -2.30. The molecular formula is C20H21N5O5. The topological polar surface area (TPSA) is 135 Å². The molecule has 0 aliphatic rings. The van der Waals surface area contributed by atoms with Crippen LogP contribution in [0.25, 0.3) is 11.0 Å². The highest BCUT2D eigenvalue weighted by molar-refractivity contribution is 6.09. The highest BCUT2D eigenvalue weighted by Gasteiger charge is 2.16. The second-order valence-corrected chi connectivity index (χ2v) is 6.35. The molecule has 0 spiro atoms. The summed E-state index contributed by atoms with van der Waals surface area (Å²) in [5, 5.41) is 5.49. The van der Waals surface area contributed by atoms with Gasteiger partial charge in [-0.1, -0.05) is 12.1 Å². The molecular weight excluding hydrogens is 390 g/mol. The van der Waals surface area contributed by atoms with Gasteiger partial charge in [0.05, 0.1) is 28.8 Å². The fraction of sp³-hybridized carbons (Fsp3) is 0.250. The second-order valence-electron chi connectivity index (χ2n) is 6.35. The van der Waals surface area contributed by atoms with Crippen molar-refractivity contribution >= 4 is 28.5 Å². The van der Waals surface area contributed by atoms with Crippen LogP contribution in [0.5, 0.6) is 0 Å². The number of hydrogen-bond acceptors (Lipinski definition) is 6. The van der Waals surface area contributed by atoms with Gasteiger partial charge in [0.2, 0.25) is 0 Å². The Hall–Kier alpha value is -3.79. The number of nitrogens with one attached hydrogen (secondary N) is 3. The number of benzene rings is 1. The van der Waals surface area contributed by atoms with Gasteiger partial charge in [-0.25, -0.2) is 9.78 Å². The van der Waals surface area contributed by atoms with Gasteiger partial charge >= 0.3 is 5.69 Å². The van der Waals surface area contributed by atoms with E-state index in [1.807, 2.05) is 0 Å². The van der Waals surface area contributed by atoms with E-state index in [1.165, 1.54) is 23.9 Å². The molecule has 0 bridgehead atoms. The van der Waals surface area contributed by atoms with Crippen LogP contribution in [0.3, 0.4) is 0 Å². The summed E-state index contributed by atoms with van der Waals surface area (Å²) >= 11 is 0. The van der Waals surface area contributed by atoms with Crippen LogP contribution in [0.1, 0.15) is 27.6 Å². The minimum Gasteiger partial charge on any atom is -0.383 e. The van der Waals surface area contributed by atoms with Crippen LogP contribution in [-0.2, 0) is 11.3 Å². The van der Waals surface area contributed by atoms with Gasteiger partial charge in [0.1, 0.15) is 5.65 Å². The van der Waals surface area contributed by atoms with Crippen LogP contribution in [-0.4, -0.2) is 46.6 Å². The number of hydrogen-bond donors (Lipinski definition) is 3. The first-order chi connectivity index (χ1) is 14.5. The molecule has 0 saturated carbocycles. The Bertz CT molecular complexity index is 1210. The number of pyridine rings is 1. The van der Waals surface area contributed by atoms with Crippen LogP contribution in [0.4, 0.5) is 5.69 Å². The van der Waals surface area contributed by atoms with Crippen LogP contribution in [0, 0.1) is 0 Å². The Labute approximate surface area is 170 Å². The van der Waals surface area contributed by atoms with E-state index in [1.54, 1.807) is 31.2 Å². The summed E-state index contributed by atoms with van der Waals surface area (Å²) in [4.78, 5) is 55.5. The average Bonchev–Trinajstić information content (AvgIpc) is 2.74. The molecule has 3 aromatic rings. The molecule has 0 aliphatic carbocycles. The fourth-order valence-electron chi connectivity index (χ4n) is 2.93. The number of amides is 2. The molecule has 0 radical (unpaired) electrons. The van der Waals surface area contributed by atoms with Gasteiger partial charge in [-0.2, -0.15) is 0 Å². The van der Waals surface area contributed by atoms with E-state index in [4.69, 9.17) is 4.74 Å². The Morgan fingerprint density at radius 1 is 1.20 bits per heavy atom. The van der Waals surface area contributed by atoms with E-state index >= 15 is 0 Å². The van der Waals surface area contributed by atoms with Crippen LogP contribution in [0.15, 0.2) is 46.1 Å². The lowest BCUT2D eigenvalue weighted by molar-refractivity contribution is 0.0938. The number of fused-ring (bicyclic) bond motifs is 1. The summed E-state index contributed by atoms with van der Waals surface area (Å²) in [7, 11) is 1.53. The molecule has 1 aromatic carbocycles. The van der Waals surface area contributed by atoms with Crippen molar-refractivity contribution in [1.82, 2.24) is 19.9 Å². The van der Waals surface area contributed by atoms with Crippen LogP contribution in [0.2, 0.25) is 0 Å². The number of carbonyl (C=O) groups is 2. The number of rotatable bonds is 7. The van der Waals surface area contributed by atoms with Crippen molar-refractivity contribution in [1.29, 1.82) is 0 Å². The number of methoxy groups -OCH3 is 1. The van der Waals surface area contributed by atoms with Gasteiger partial charge in [0.25, 0.3) is 17.4 Å². The number of para-hydroxylation sites is 1. The fourth-order valence-corrected chi connectivity index (χ4v) is 2.93. The zero-order chi connectivity index (χ0) is 21.7. The second kappa shape index (κ2) is 9.14. The van der Waals surface area contributed by atoms with E-state index in [0.717, 1.165) is 0 Å². The Morgan fingerprint density at radius 2 is 1.97 bits per heavy atom. The predicted octanol–water partition coefficient (Wildman–Crippen LogP) is 0.733. The number of aromatic amines is 1. The van der Waals surface area contributed by atoms with E-state index in [2.05, 4.69) is 20.6 Å². The van der Waals surface area contributed by atoms with Crippen molar-refractivity contribution in [2.24, 2.45) is 0 Å². The maximum Gasteiger partial charge on any atom is 0.329 e. The van der Waals surface area contributed by atoms with Gasteiger partial charge < -0.3 is 15.4 Å². The summed E-state index contributed by atoms with van der Waals surface area (Å²) in [6.45, 7) is 2.75. The van der Waals surface area contributed by atoms with Crippen molar-refractivity contribution in [3.63, 3.8) is 0 Å². The summed E-state index contributed by atoms with van der Waals surface area (Å²) in [5.74, 6) is -0.904. The maximum absolute atomic E-state index is 12.7. The molecule has 2 amide bonds. The maximum atomic E-state index is 12.7. The highest BCUT2D eigenvalue weighted by Crippen LogP contribution is 2.17. The molecule has 0 fully saturated rings. The zero-order valence-electron chi connectivity index (χ0n) is 16.5. The van der Waals surface area contributed by atoms with Crippen molar-refractivity contribution in [2.45, 2.75) is 13.5 Å². The number of carbonyl (C=O) groups excluding carboxylic acids is 2. The first-order valence-electron chi connectivity index (χ1n) is 9.26. The smallest absolute Gasteiger partial charge is 0.329 e. The number of anilines is 1. The summed E-state index contributed by atoms with van der Waals surface area (Å²) in [5.41, 5.74) is -0.282. The molecule has 30 heavy (non-hydrogen) atoms. The van der Waals surface area contributed by atoms with Crippen molar-refractivity contribution < 1.29 is 14.3 Å². The molecule has 10 nitrogen and oxygen atoms in total. The molecule has 0 unspecified atom stereocenters. The minimum absolute atomic E-state index is 0.115. The van der Waals surface area contributed by atoms with Crippen molar-refractivity contribution in [2.75, 3.05) is 25.6 Å². The normalized spacial score (nSPS) is 10.7. The Morgan fingerprint density at radius 3 is 2.70 bits per heavy atom. The first-order valence-corrected chi connectivity index (χ1v) is 9.26. The van der Waals surface area contributed by atoms with E-state index in [0.29, 0.717) is 25.4 Å². The number of aryl methyl sites for hydroxylation is 1. The molecule has 2 aromatic heterocycles. The molecule has 0 saturated heterocycles. The van der Waals surface area contributed by atoms with Gasteiger partial charge in [-0.15, -0.1) is 0 Å². The standard InChI is InChI=1S/C20H21N5O5/c1-3-25-16-14(19(28)24-20(25)29)10-12(11-22-16)17(26)23-15-7-5-4-6-13(15)18(27)21-8-9-30-2/h4-7,10-11H,3,8-9H2,1-2H3,(H,21,27)(H,23,26)(H,24,28,29). The molecule has 156 valence electrons. The lowest BCUT2D eigenvalue weighted by Gasteiger charge is -2.12. The number of ether oxygens (including phenoxy) is 1. The summed E-state index contributed by atoms with van der Waals surface area (Å²) < 4.78 is 6.21. The molecule has 2 heterocycles. The van der Waals surface area contributed by atoms with Gasteiger partial charge in [-0.05, 0) is 25.1 Å². The van der Waals surface area contributed by atoms with E-state index in [-0.39, 0.29) is 28.1 Å².